The third-order valence-electron chi connectivity index (χ3n) is 2.89. The van der Waals surface area contributed by atoms with Crippen molar-refractivity contribution in [3.05, 3.63) is 35.4 Å². The molecule has 0 amide bonds. The molecule has 0 saturated carbocycles. The Labute approximate surface area is 117 Å². The van der Waals surface area contributed by atoms with Crippen molar-refractivity contribution >= 4 is 17.7 Å². The predicted molar refractivity (Wildman–Crippen MR) is 71.9 cm³/mol. The Morgan fingerprint density at radius 1 is 1.05 bits per heavy atom. The number of carbonyl (C=O) groups is 3. The fourth-order valence-electron chi connectivity index (χ4n) is 1.74. The van der Waals surface area contributed by atoms with E-state index in [1.165, 1.54) is 20.8 Å². The van der Waals surface area contributed by atoms with Crippen LogP contribution in [0.4, 0.5) is 0 Å². The molecular weight excluding hydrogens is 260 g/mol. The molecule has 0 heterocycles. The molecule has 0 aliphatic carbocycles. The molecule has 0 aliphatic heterocycles. The smallest absolute Gasteiger partial charge is 0.303 e. The second-order valence-electron chi connectivity index (χ2n) is 4.70. The molecule has 0 fully saturated rings. The lowest BCUT2D eigenvalue weighted by Gasteiger charge is -2.28. The number of ketones is 1. The number of rotatable bonds is 5. The Balaban J connectivity index is 3.08. The van der Waals surface area contributed by atoms with Gasteiger partial charge in [-0.3, -0.25) is 14.4 Å². The number of esters is 2. The first-order valence-electron chi connectivity index (χ1n) is 6.19. The minimum absolute atomic E-state index is 0.438. The van der Waals surface area contributed by atoms with Gasteiger partial charge in [-0.05, 0) is 13.8 Å². The van der Waals surface area contributed by atoms with Crippen molar-refractivity contribution < 1.29 is 23.9 Å². The number of Topliss-reactive ketones (excluding diaryl/α,β-unsaturated/α-hetero) is 1. The minimum atomic E-state index is -1.46. The van der Waals surface area contributed by atoms with Crippen molar-refractivity contribution in [1.29, 1.82) is 0 Å². The number of carbonyl (C=O) groups excluding carboxylic acids is 3. The number of ether oxygens (including phenoxy) is 2. The monoisotopic (exact) mass is 278 g/mol. The maximum Gasteiger partial charge on any atom is 0.303 e. The summed E-state index contributed by atoms with van der Waals surface area (Å²) in [5.41, 5.74) is 0.0939. The van der Waals surface area contributed by atoms with E-state index in [0.717, 1.165) is 5.56 Å². The summed E-state index contributed by atoms with van der Waals surface area (Å²) in [6, 6.07) is 7.06. The van der Waals surface area contributed by atoms with Crippen LogP contribution in [0, 0.1) is 6.92 Å². The third-order valence-corrected chi connectivity index (χ3v) is 2.89. The highest BCUT2D eigenvalue weighted by Gasteiger charge is 2.38. The van der Waals surface area contributed by atoms with E-state index in [9.17, 15) is 14.4 Å². The van der Waals surface area contributed by atoms with E-state index in [-0.39, 0.29) is 0 Å². The van der Waals surface area contributed by atoms with Crippen LogP contribution < -0.4 is 0 Å². The van der Waals surface area contributed by atoms with Crippen LogP contribution >= 0.6 is 0 Å². The largest absolute Gasteiger partial charge is 0.458 e. The van der Waals surface area contributed by atoms with Crippen LogP contribution in [0.1, 0.15) is 31.9 Å². The molecule has 0 spiro atoms. The van der Waals surface area contributed by atoms with Crippen molar-refractivity contribution in [1.82, 2.24) is 0 Å². The molecular formula is C15H18O5. The first kappa shape index (κ1) is 15.9. The molecule has 0 saturated heterocycles. The molecule has 20 heavy (non-hydrogen) atoms. The van der Waals surface area contributed by atoms with Gasteiger partial charge in [0.15, 0.2) is 12.2 Å². The Hall–Kier alpha value is -2.17. The van der Waals surface area contributed by atoms with Gasteiger partial charge in [0, 0.05) is 19.4 Å². The quantitative estimate of drug-likeness (QED) is 0.769. The van der Waals surface area contributed by atoms with E-state index < -0.39 is 29.9 Å². The Morgan fingerprint density at radius 3 is 2.05 bits per heavy atom. The van der Waals surface area contributed by atoms with Gasteiger partial charge in [0.05, 0.1) is 0 Å². The molecule has 1 unspecified atom stereocenters. The molecule has 0 bridgehead atoms. The molecule has 0 N–H and O–H groups in total. The molecule has 1 atom stereocenters. The highest BCUT2D eigenvalue weighted by atomic mass is 16.6. The zero-order valence-electron chi connectivity index (χ0n) is 12.1. The molecule has 5 heteroatoms. The van der Waals surface area contributed by atoms with Gasteiger partial charge in [-0.25, -0.2) is 0 Å². The van der Waals surface area contributed by atoms with Gasteiger partial charge in [-0.2, -0.15) is 0 Å². The summed E-state index contributed by atoms with van der Waals surface area (Å²) in [7, 11) is 0. The zero-order chi connectivity index (χ0) is 15.3. The summed E-state index contributed by atoms with van der Waals surface area (Å²) in [6.07, 6.45) is 0. The second-order valence-corrected chi connectivity index (χ2v) is 4.70. The highest BCUT2D eigenvalue weighted by Crippen LogP contribution is 2.27. The molecule has 1 rings (SSSR count). The number of hydrogen-bond donors (Lipinski definition) is 0. The van der Waals surface area contributed by atoms with E-state index in [4.69, 9.17) is 9.47 Å². The lowest BCUT2D eigenvalue weighted by atomic mass is 9.90. The summed E-state index contributed by atoms with van der Waals surface area (Å²) < 4.78 is 9.87. The maximum atomic E-state index is 12.2. The van der Waals surface area contributed by atoms with Crippen molar-refractivity contribution in [2.45, 2.75) is 33.3 Å². The molecule has 108 valence electrons. The van der Waals surface area contributed by atoms with Crippen LogP contribution in [0.2, 0.25) is 0 Å². The average Bonchev–Trinajstić information content (AvgIpc) is 2.35. The molecule has 1 aromatic rings. The fraction of sp³-hybridized carbons (Fsp3) is 0.400. The SMILES string of the molecule is CC(=O)OCC(=O)C(C)(OC(C)=O)c1ccc(C)cc1. The molecule has 0 radical (unpaired) electrons. The highest BCUT2D eigenvalue weighted by molar-refractivity contribution is 5.92. The second kappa shape index (κ2) is 6.32. The van der Waals surface area contributed by atoms with Crippen LogP contribution in [0.3, 0.4) is 0 Å². The van der Waals surface area contributed by atoms with E-state index >= 15 is 0 Å². The van der Waals surface area contributed by atoms with Crippen LogP contribution in [0.15, 0.2) is 24.3 Å². The van der Waals surface area contributed by atoms with E-state index in [1.54, 1.807) is 12.1 Å². The minimum Gasteiger partial charge on any atom is -0.458 e. The Kier molecular flexibility index (Phi) is 5.02. The average molecular weight is 278 g/mol. The van der Waals surface area contributed by atoms with E-state index in [0.29, 0.717) is 5.56 Å². The zero-order valence-corrected chi connectivity index (χ0v) is 12.1. The summed E-state index contributed by atoms with van der Waals surface area (Å²) >= 11 is 0. The van der Waals surface area contributed by atoms with Crippen molar-refractivity contribution in [2.75, 3.05) is 6.61 Å². The molecule has 0 aromatic heterocycles. The third kappa shape index (κ3) is 3.91. The molecule has 0 aliphatic rings. The number of benzene rings is 1. The summed E-state index contributed by atoms with van der Waals surface area (Å²) in [4.78, 5) is 34.3. The van der Waals surface area contributed by atoms with Gasteiger partial charge in [-0.15, -0.1) is 0 Å². The van der Waals surface area contributed by atoms with Gasteiger partial charge in [0.25, 0.3) is 0 Å². The lowest BCUT2D eigenvalue weighted by molar-refractivity contribution is -0.168. The van der Waals surface area contributed by atoms with Crippen molar-refractivity contribution in [3.8, 4) is 0 Å². The van der Waals surface area contributed by atoms with Gasteiger partial charge < -0.3 is 9.47 Å². The van der Waals surface area contributed by atoms with Crippen LogP contribution in [-0.2, 0) is 29.5 Å². The number of aryl methyl sites for hydroxylation is 1. The first-order chi connectivity index (χ1) is 9.25. The molecule has 1 aromatic carbocycles. The van der Waals surface area contributed by atoms with Crippen molar-refractivity contribution in [2.24, 2.45) is 0 Å². The van der Waals surface area contributed by atoms with E-state index in [1.807, 2.05) is 19.1 Å². The Morgan fingerprint density at radius 2 is 1.60 bits per heavy atom. The van der Waals surface area contributed by atoms with Crippen molar-refractivity contribution in [3.63, 3.8) is 0 Å². The first-order valence-corrected chi connectivity index (χ1v) is 6.19. The van der Waals surface area contributed by atoms with Gasteiger partial charge in [0.1, 0.15) is 0 Å². The fourth-order valence-corrected chi connectivity index (χ4v) is 1.74. The topological polar surface area (TPSA) is 69.7 Å². The van der Waals surface area contributed by atoms with Gasteiger partial charge in [-0.1, -0.05) is 29.8 Å². The Bertz CT molecular complexity index is 518. The summed E-state index contributed by atoms with van der Waals surface area (Å²) in [5.74, 6) is -1.64. The van der Waals surface area contributed by atoms with E-state index in [2.05, 4.69) is 0 Å². The summed E-state index contributed by atoms with van der Waals surface area (Å²) in [5, 5.41) is 0. The molecule has 5 nitrogen and oxygen atoms in total. The standard InChI is InChI=1S/C15H18O5/c1-10-5-7-13(8-6-10)15(4,20-12(3)17)14(18)9-19-11(2)16/h5-8H,9H2,1-4H3. The predicted octanol–water partition coefficient (Wildman–Crippen LogP) is 1.91. The van der Waals surface area contributed by atoms with Crippen LogP contribution in [-0.4, -0.2) is 24.3 Å². The van der Waals surface area contributed by atoms with Gasteiger partial charge in [0.2, 0.25) is 5.78 Å². The number of hydrogen-bond acceptors (Lipinski definition) is 5. The van der Waals surface area contributed by atoms with Gasteiger partial charge >= 0.3 is 11.9 Å². The van der Waals surface area contributed by atoms with Crippen LogP contribution in [0.25, 0.3) is 0 Å². The maximum absolute atomic E-state index is 12.2. The summed E-state index contributed by atoms with van der Waals surface area (Å²) in [6.45, 7) is 5.40. The lowest BCUT2D eigenvalue weighted by Crippen LogP contribution is -2.40. The van der Waals surface area contributed by atoms with Crippen LogP contribution in [0.5, 0.6) is 0 Å². The normalized spacial score (nSPS) is 13.2.